The molecule has 0 N–H and O–H groups in total. The molecule has 0 saturated carbocycles. The minimum Gasteiger partial charge on any atom is -0.375 e. The zero-order chi connectivity index (χ0) is 16.5. The van der Waals surface area contributed by atoms with Crippen molar-refractivity contribution in [3.05, 3.63) is 22.9 Å². The van der Waals surface area contributed by atoms with E-state index in [2.05, 4.69) is 15.6 Å². The number of nitrogens with zero attached hydrogens (tertiary/aromatic N) is 2. The van der Waals surface area contributed by atoms with Gasteiger partial charge in [0.15, 0.2) is 5.71 Å². The van der Waals surface area contributed by atoms with Crippen LogP contribution in [0, 0.1) is 5.92 Å². The van der Waals surface area contributed by atoms with Gasteiger partial charge in [0, 0.05) is 38.0 Å². The molecule has 0 aromatic rings. The highest BCUT2D eigenvalue weighted by Gasteiger charge is 2.37. The van der Waals surface area contributed by atoms with E-state index in [1.807, 2.05) is 6.26 Å². The fourth-order valence-electron chi connectivity index (χ4n) is 4.92. The van der Waals surface area contributed by atoms with Crippen LogP contribution in [0.1, 0.15) is 51.4 Å². The molecule has 130 valence electrons. The van der Waals surface area contributed by atoms with E-state index in [1.54, 1.807) is 0 Å². The first-order valence-corrected chi connectivity index (χ1v) is 10.9. The third-order valence-corrected chi connectivity index (χ3v) is 6.78. The zero-order valence-electron chi connectivity index (χ0n) is 14.9. The fraction of sp³-hybridized carbons (Fsp3) is 0.700. The van der Waals surface area contributed by atoms with Gasteiger partial charge in [-0.25, -0.2) is 4.58 Å². The van der Waals surface area contributed by atoms with Crippen molar-refractivity contribution in [1.29, 1.82) is 0 Å². The second-order valence-electron chi connectivity index (χ2n) is 7.57. The molecule has 0 bridgehead atoms. The van der Waals surface area contributed by atoms with E-state index < -0.39 is 0 Å². The maximum Gasteiger partial charge on any atom is 0.225 e. The number of likely N-dealkylation sites (tertiary alicyclic amines) is 1. The molecule has 1 atom stereocenters. The molecule has 4 rings (SSSR count). The normalized spacial score (nSPS) is 27.6. The Balaban J connectivity index is 1.79. The van der Waals surface area contributed by atoms with E-state index in [4.69, 9.17) is 0 Å². The Morgan fingerprint density at radius 2 is 1.83 bits per heavy atom. The Morgan fingerprint density at radius 1 is 1.12 bits per heavy atom. The number of fused-ring (bicyclic) bond motifs is 1. The minimum absolute atomic E-state index is 0.288. The SMILES string of the molecule is CSC(=O)C1=C2C=C(N3CCCC3)CCC2CCC1=[N+]1CCCC1. The number of rotatable bonds is 2. The zero-order valence-corrected chi connectivity index (χ0v) is 15.7. The van der Waals surface area contributed by atoms with Crippen LogP contribution in [0.15, 0.2) is 22.9 Å². The Labute approximate surface area is 149 Å². The molecular formula is C20H29N2OS+. The molecule has 0 radical (unpaired) electrons. The van der Waals surface area contributed by atoms with Crippen molar-refractivity contribution in [1.82, 2.24) is 4.90 Å². The molecule has 2 aliphatic carbocycles. The van der Waals surface area contributed by atoms with Crippen LogP contribution in [0.5, 0.6) is 0 Å². The van der Waals surface area contributed by atoms with Gasteiger partial charge in [-0.3, -0.25) is 4.79 Å². The van der Waals surface area contributed by atoms with Crippen LogP contribution in [0.4, 0.5) is 0 Å². The molecule has 24 heavy (non-hydrogen) atoms. The van der Waals surface area contributed by atoms with Crippen molar-refractivity contribution >= 4 is 22.6 Å². The largest absolute Gasteiger partial charge is 0.375 e. The first-order chi connectivity index (χ1) is 11.8. The Hall–Kier alpha value is -1.03. The van der Waals surface area contributed by atoms with Crippen molar-refractivity contribution in [2.24, 2.45) is 5.92 Å². The molecule has 0 aromatic carbocycles. The Morgan fingerprint density at radius 3 is 2.54 bits per heavy atom. The molecule has 2 saturated heterocycles. The maximum atomic E-state index is 12.8. The monoisotopic (exact) mass is 345 g/mol. The van der Waals surface area contributed by atoms with Crippen LogP contribution in [0.25, 0.3) is 0 Å². The summed E-state index contributed by atoms with van der Waals surface area (Å²) in [5.41, 5.74) is 5.30. The lowest BCUT2D eigenvalue weighted by molar-refractivity contribution is -0.506. The van der Waals surface area contributed by atoms with Gasteiger partial charge in [-0.2, -0.15) is 0 Å². The number of hydrogen-bond donors (Lipinski definition) is 0. The third kappa shape index (κ3) is 2.98. The number of carbonyl (C=O) groups is 1. The van der Waals surface area contributed by atoms with Gasteiger partial charge in [0.25, 0.3) is 0 Å². The standard InChI is InChI=1S/C20H29N2OS/c1-24-20(23)19-17-14-16(21-10-2-3-11-21)8-6-15(17)7-9-18(19)22-12-4-5-13-22/h14-15H,2-13H2,1H3/q+1. The van der Waals surface area contributed by atoms with Crippen LogP contribution in [0.3, 0.4) is 0 Å². The summed E-state index contributed by atoms with van der Waals surface area (Å²) in [5, 5.41) is 0.288. The van der Waals surface area contributed by atoms with E-state index in [1.165, 1.54) is 86.8 Å². The van der Waals surface area contributed by atoms with Gasteiger partial charge in [0.05, 0.1) is 5.57 Å². The Bertz CT molecular complexity index is 618. The van der Waals surface area contributed by atoms with Gasteiger partial charge >= 0.3 is 0 Å². The second kappa shape index (κ2) is 7.07. The van der Waals surface area contributed by atoms with E-state index in [-0.39, 0.29) is 5.12 Å². The molecule has 0 spiro atoms. The molecule has 4 heteroatoms. The van der Waals surface area contributed by atoms with Crippen LogP contribution in [0.2, 0.25) is 0 Å². The van der Waals surface area contributed by atoms with Crippen LogP contribution < -0.4 is 0 Å². The van der Waals surface area contributed by atoms with Crippen molar-refractivity contribution in [2.75, 3.05) is 32.4 Å². The van der Waals surface area contributed by atoms with E-state index in [0.717, 1.165) is 25.1 Å². The summed E-state index contributed by atoms with van der Waals surface area (Å²) in [7, 11) is 0. The lowest BCUT2D eigenvalue weighted by Crippen LogP contribution is -2.32. The molecule has 0 aromatic heterocycles. The fourth-order valence-corrected chi connectivity index (χ4v) is 5.36. The van der Waals surface area contributed by atoms with Crippen molar-refractivity contribution in [3.63, 3.8) is 0 Å². The molecule has 2 fully saturated rings. The average molecular weight is 346 g/mol. The predicted molar refractivity (Wildman–Crippen MR) is 101 cm³/mol. The summed E-state index contributed by atoms with van der Waals surface area (Å²) >= 11 is 1.40. The van der Waals surface area contributed by atoms with E-state index >= 15 is 0 Å². The topological polar surface area (TPSA) is 23.3 Å². The van der Waals surface area contributed by atoms with Crippen molar-refractivity contribution < 1.29 is 9.37 Å². The number of hydrogen-bond acceptors (Lipinski definition) is 3. The quantitative estimate of drug-likeness (QED) is 0.714. The summed E-state index contributed by atoms with van der Waals surface area (Å²) in [5.74, 6) is 0.605. The Kier molecular flexibility index (Phi) is 4.84. The number of thioether (sulfide) groups is 1. The first kappa shape index (κ1) is 16.4. The van der Waals surface area contributed by atoms with Crippen LogP contribution in [-0.4, -0.2) is 52.7 Å². The van der Waals surface area contributed by atoms with Gasteiger partial charge in [-0.1, -0.05) is 11.8 Å². The van der Waals surface area contributed by atoms with Gasteiger partial charge < -0.3 is 4.90 Å². The average Bonchev–Trinajstić information content (AvgIpc) is 3.33. The number of allylic oxidation sites excluding steroid dienone is 3. The smallest absolute Gasteiger partial charge is 0.225 e. The molecule has 0 amide bonds. The van der Waals surface area contributed by atoms with Gasteiger partial charge in [-0.05, 0) is 55.9 Å². The highest BCUT2D eigenvalue weighted by atomic mass is 32.2. The lowest BCUT2D eigenvalue weighted by Gasteiger charge is -2.33. The second-order valence-corrected chi connectivity index (χ2v) is 8.35. The molecule has 3 nitrogen and oxygen atoms in total. The lowest BCUT2D eigenvalue weighted by atomic mass is 9.75. The molecule has 1 unspecified atom stereocenters. The summed E-state index contributed by atoms with van der Waals surface area (Å²) in [6.07, 6.45) is 14.3. The van der Waals surface area contributed by atoms with Gasteiger partial charge in [0.2, 0.25) is 5.12 Å². The van der Waals surface area contributed by atoms with E-state index in [0.29, 0.717) is 5.92 Å². The third-order valence-electron chi connectivity index (χ3n) is 6.21. The predicted octanol–water partition coefficient (Wildman–Crippen LogP) is 3.60. The highest BCUT2D eigenvalue weighted by molar-refractivity contribution is 8.13. The summed E-state index contributed by atoms with van der Waals surface area (Å²) in [6.45, 7) is 4.69. The van der Waals surface area contributed by atoms with Crippen molar-refractivity contribution in [2.45, 2.75) is 51.4 Å². The molecule has 2 aliphatic heterocycles. The van der Waals surface area contributed by atoms with Gasteiger partial charge in [-0.15, -0.1) is 0 Å². The first-order valence-electron chi connectivity index (χ1n) is 9.67. The van der Waals surface area contributed by atoms with E-state index in [9.17, 15) is 4.79 Å². The maximum absolute atomic E-state index is 12.8. The summed E-state index contributed by atoms with van der Waals surface area (Å²) in [4.78, 5) is 15.4. The van der Waals surface area contributed by atoms with Gasteiger partial charge in [0.1, 0.15) is 13.1 Å². The summed E-state index contributed by atoms with van der Waals surface area (Å²) < 4.78 is 2.50. The van der Waals surface area contributed by atoms with Crippen LogP contribution >= 0.6 is 11.8 Å². The molecule has 2 heterocycles. The molecule has 4 aliphatic rings. The van der Waals surface area contributed by atoms with Crippen LogP contribution in [-0.2, 0) is 4.79 Å². The number of carbonyl (C=O) groups excluding carboxylic acids is 1. The minimum atomic E-state index is 0.288. The summed E-state index contributed by atoms with van der Waals surface area (Å²) in [6, 6.07) is 0. The highest BCUT2D eigenvalue weighted by Crippen LogP contribution is 2.40. The van der Waals surface area contributed by atoms with Crippen molar-refractivity contribution in [3.8, 4) is 0 Å². The molecular weight excluding hydrogens is 316 g/mol.